The molecule has 1 unspecified atom stereocenters. The van der Waals surface area contributed by atoms with Gasteiger partial charge < -0.3 is 5.11 Å². The van der Waals surface area contributed by atoms with Gasteiger partial charge in [0.1, 0.15) is 5.82 Å². The summed E-state index contributed by atoms with van der Waals surface area (Å²) in [5.41, 5.74) is 4.24. The molecule has 1 saturated carbocycles. The highest BCUT2D eigenvalue weighted by Crippen LogP contribution is 2.38. The van der Waals surface area contributed by atoms with Crippen molar-refractivity contribution in [1.82, 2.24) is 35.4 Å². The molecule has 1 aliphatic rings. The predicted molar refractivity (Wildman–Crippen MR) is 149 cm³/mol. The maximum atomic E-state index is 11.5. The van der Waals surface area contributed by atoms with Crippen LogP contribution in [0, 0.1) is 11.8 Å². The summed E-state index contributed by atoms with van der Waals surface area (Å²) in [6.07, 6.45) is 8.09. The quantitative estimate of drug-likeness (QED) is 0.233. The van der Waals surface area contributed by atoms with Crippen LogP contribution in [0.15, 0.2) is 48.5 Å². The smallest absolute Gasteiger partial charge is 0.306 e. The third-order valence-electron chi connectivity index (χ3n) is 8.09. The molecule has 2 heterocycles. The minimum absolute atomic E-state index is 0.238. The number of hydrogen-bond acceptors (Lipinski definition) is 6. The van der Waals surface area contributed by atoms with Crippen LogP contribution in [0.4, 0.5) is 0 Å². The summed E-state index contributed by atoms with van der Waals surface area (Å²) >= 11 is 0. The van der Waals surface area contributed by atoms with Crippen LogP contribution in [0.25, 0.3) is 22.5 Å². The van der Waals surface area contributed by atoms with Crippen LogP contribution in [0.1, 0.15) is 81.9 Å². The Hall–Kier alpha value is -3.88. The lowest BCUT2D eigenvalue weighted by molar-refractivity contribution is -0.143. The van der Waals surface area contributed by atoms with E-state index in [1.54, 1.807) is 0 Å². The van der Waals surface area contributed by atoms with Crippen LogP contribution in [0.3, 0.4) is 0 Å². The number of aromatic amines is 1. The first-order chi connectivity index (χ1) is 19.0. The molecule has 2 aromatic heterocycles. The van der Waals surface area contributed by atoms with Crippen LogP contribution in [-0.2, 0) is 17.8 Å². The van der Waals surface area contributed by atoms with E-state index in [0.717, 1.165) is 72.4 Å². The van der Waals surface area contributed by atoms with E-state index < -0.39 is 5.97 Å². The average Bonchev–Trinajstić information content (AvgIpc) is 3.64. The van der Waals surface area contributed by atoms with Crippen molar-refractivity contribution in [1.29, 1.82) is 0 Å². The van der Waals surface area contributed by atoms with Crippen molar-refractivity contribution in [3.63, 3.8) is 0 Å². The molecule has 5 rings (SSSR count). The Morgan fingerprint density at radius 3 is 2.46 bits per heavy atom. The number of unbranched alkanes of at least 4 members (excludes halogenated alkanes) is 2. The molecule has 0 saturated heterocycles. The highest BCUT2D eigenvalue weighted by atomic mass is 16.4. The molecule has 4 aromatic rings. The molecule has 0 bridgehead atoms. The highest BCUT2D eigenvalue weighted by Gasteiger charge is 2.31. The average molecular weight is 528 g/mol. The lowest BCUT2D eigenvalue weighted by Gasteiger charge is -2.30. The fourth-order valence-electron chi connectivity index (χ4n) is 5.71. The molecular weight excluding hydrogens is 490 g/mol. The minimum atomic E-state index is -0.691. The van der Waals surface area contributed by atoms with E-state index in [4.69, 9.17) is 10.1 Å². The zero-order chi connectivity index (χ0) is 27.2. The van der Waals surface area contributed by atoms with E-state index in [2.05, 4.69) is 62.6 Å². The molecule has 9 heteroatoms. The number of aromatic nitrogens is 7. The molecule has 1 aliphatic carbocycles. The van der Waals surface area contributed by atoms with E-state index >= 15 is 0 Å². The predicted octanol–water partition coefficient (Wildman–Crippen LogP) is 5.90. The molecule has 9 nitrogen and oxygen atoms in total. The van der Waals surface area contributed by atoms with Crippen molar-refractivity contribution in [3.05, 3.63) is 65.7 Å². The molecule has 1 atom stereocenters. The monoisotopic (exact) mass is 527 g/mol. The minimum Gasteiger partial charge on any atom is -0.481 e. The van der Waals surface area contributed by atoms with Gasteiger partial charge in [-0.05, 0) is 59.9 Å². The third-order valence-corrected chi connectivity index (χ3v) is 8.09. The number of carboxylic acids is 1. The molecule has 2 N–H and O–H groups in total. The summed E-state index contributed by atoms with van der Waals surface area (Å²) in [4.78, 5) is 16.5. The number of hydrogen-bond donors (Lipinski definition) is 2. The van der Waals surface area contributed by atoms with Crippen LogP contribution < -0.4 is 0 Å². The second-order valence-electron chi connectivity index (χ2n) is 10.7. The molecule has 39 heavy (non-hydrogen) atoms. The Labute approximate surface area is 229 Å². The second kappa shape index (κ2) is 12.3. The SMILES string of the molecule is CCCCCc1nc(C2CCC(C(C)C(=O)O)CC2)n(Cc2ccc(-c3ccccc3-c3nn[nH]n3)cc2)n1. The number of H-pyrrole nitrogens is 1. The maximum absolute atomic E-state index is 11.5. The standard InChI is InChI=1S/C30H37N7O2/c1-3-4-5-10-27-31-29(24-17-15-22(16-18-24)20(2)30(38)39)37(34-27)19-21-11-13-23(14-12-21)25-8-6-7-9-26(25)28-32-35-36-33-28/h6-9,11-14,20,22,24H,3-5,10,15-19H2,1-2H3,(H,38,39)(H,32,33,35,36). The zero-order valence-electron chi connectivity index (χ0n) is 22.8. The molecule has 0 amide bonds. The van der Waals surface area contributed by atoms with Gasteiger partial charge in [-0.15, -0.1) is 10.2 Å². The summed E-state index contributed by atoms with van der Waals surface area (Å²) in [5.74, 6) is 2.11. The molecule has 0 aliphatic heterocycles. The maximum Gasteiger partial charge on any atom is 0.306 e. The number of carbonyl (C=O) groups is 1. The van der Waals surface area contributed by atoms with Gasteiger partial charge in [0.15, 0.2) is 5.82 Å². The number of tetrazole rings is 1. The number of benzene rings is 2. The van der Waals surface area contributed by atoms with Crippen LogP contribution in [-0.4, -0.2) is 46.5 Å². The number of aryl methyl sites for hydroxylation is 1. The molecule has 0 spiro atoms. The molecule has 2 aromatic carbocycles. The lowest BCUT2D eigenvalue weighted by Crippen LogP contribution is -2.26. The van der Waals surface area contributed by atoms with Crippen LogP contribution in [0.2, 0.25) is 0 Å². The number of nitrogens with zero attached hydrogens (tertiary/aromatic N) is 6. The fourth-order valence-corrected chi connectivity index (χ4v) is 5.71. The summed E-state index contributed by atoms with van der Waals surface area (Å²) in [6.45, 7) is 4.71. The van der Waals surface area contributed by atoms with Gasteiger partial charge >= 0.3 is 5.97 Å². The number of carboxylic acid groups (broad SMARTS) is 1. The summed E-state index contributed by atoms with van der Waals surface area (Å²) in [7, 11) is 0. The molecular formula is C30H37N7O2. The van der Waals surface area contributed by atoms with Gasteiger partial charge in [0.05, 0.1) is 12.5 Å². The van der Waals surface area contributed by atoms with E-state index in [-0.39, 0.29) is 11.8 Å². The van der Waals surface area contributed by atoms with E-state index in [1.807, 2.05) is 25.1 Å². The third kappa shape index (κ3) is 6.24. The van der Waals surface area contributed by atoms with Crippen molar-refractivity contribution < 1.29 is 9.90 Å². The Morgan fingerprint density at radius 2 is 1.79 bits per heavy atom. The van der Waals surface area contributed by atoms with Crippen molar-refractivity contribution in [2.75, 3.05) is 0 Å². The zero-order valence-corrected chi connectivity index (χ0v) is 22.8. The largest absolute Gasteiger partial charge is 0.481 e. The van der Waals surface area contributed by atoms with E-state index in [1.165, 1.54) is 12.8 Å². The van der Waals surface area contributed by atoms with Gasteiger partial charge in [0, 0.05) is 17.9 Å². The van der Waals surface area contributed by atoms with E-state index in [0.29, 0.717) is 18.3 Å². The van der Waals surface area contributed by atoms with Crippen LogP contribution in [0.5, 0.6) is 0 Å². The first-order valence-electron chi connectivity index (χ1n) is 14.1. The van der Waals surface area contributed by atoms with Gasteiger partial charge in [-0.1, -0.05) is 75.2 Å². The first-order valence-corrected chi connectivity index (χ1v) is 14.1. The van der Waals surface area contributed by atoms with Crippen LogP contribution >= 0.6 is 0 Å². The number of aliphatic carboxylic acids is 1. The lowest BCUT2D eigenvalue weighted by atomic mass is 9.76. The molecule has 0 radical (unpaired) electrons. The Kier molecular flexibility index (Phi) is 8.44. The summed E-state index contributed by atoms with van der Waals surface area (Å²) in [5, 5.41) is 29.0. The van der Waals surface area contributed by atoms with E-state index in [9.17, 15) is 9.90 Å². The fraction of sp³-hybridized carbons (Fsp3) is 0.467. The summed E-state index contributed by atoms with van der Waals surface area (Å²) in [6, 6.07) is 16.6. The Balaban J connectivity index is 1.35. The Morgan fingerprint density at radius 1 is 1.05 bits per heavy atom. The Bertz CT molecular complexity index is 1360. The first kappa shape index (κ1) is 26.7. The molecule has 204 valence electrons. The van der Waals surface area contributed by atoms with Gasteiger partial charge in [0.25, 0.3) is 0 Å². The topological polar surface area (TPSA) is 122 Å². The normalized spacial score (nSPS) is 18.2. The van der Waals surface area contributed by atoms with Gasteiger partial charge in [0.2, 0.25) is 5.82 Å². The van der Waals surface area contributed by atoms with Crippen molar-refractivity contribution in [2.45, 2.75) is 77.7 Å². The number of nitrogens with one attached hydrogen (secondary N) is 1. The number of rotatable bonds is 11. The second-order valence-corrected chi connectivity index (χ2v) is 10.7. The van der Waals surface area contributed by atoms with Gasteiger partial charge in [-0.2, -0.15) is 10.3 Å². The van der Waals surface area contributed by atoms with Gasteiger partial charge in [-0.25, -0.2) is 9.67 Å². The highest BCUT2D eigenvalue weighted by molar-refractivity contribution is 5.80. The summed E-state index contributed by atoms with van der Waals surface area (Å²) < 4.78 is 2.09. The van der Waals surface area contributed by atoms with Crippen molar-refractivity contribution >= 4 is 5.97 Å². The van der Waals surface area contributed by atoms with Crippen molar-refractivity contribution in [2.24, 2.45) is 11.8 Å². The molecule has 1 fully saturated rings. The van der Waals surface area contributed by atoms with Crippen molar-refractivity contribution in [3.8, 4) is 22.5 Å². The van der Waals surface area contributed by atoms with Gasteiger partial charge in [-0.3, -0.25) is 4.79 Å².